The van der Waals surface area contributed by atoms with E-state index in [1.807, 2.05) is 54.0 Å². The van der Waals surface area contributed by atoms with Gasteiger partial charge >= 0.3 is 5.63 Å². The zero-order valence-corrected chi connectivity index (χ0v) is 12.5. The van der Waals surface area contributed by atoms with E-state index in [0.717, 1.165) is 22.3 Å². The minimum absolute atomic E-state index is 0.350. The summed E-state index contributed by atoms with van der Waals surface area (Å²) >= 11 is 0. The highest BCUT2D eigenvalue weighted by molar-refractivity contribution is 5.81. The molecule has 0 spiro atoms. The molecule has 0 aliphatic rings. The number of hydrogen-bond acceptors (Lipinski definition) is 4. The molecule has 0 amide bonds. The minimum Gasteiger partial charge on any atom is -0.487 e. The highest BCUT2D eigenvalue weighted by Crippen LogP contribution is 2.22. The molecular weight excluding hydrogens is 292 g/mol. The Balaban J connectivity index is 1.61. The van der Waals surface area contributed by atoms with Crippen LogP contribution in [0.3, 0.4) is 0 Å². The number of imidazole rings is 1. The van der Waals surface area contributed by atoms with Crippen molar-refractivity contribution in [1.82, 2.24) is 9.38 Å². The van der Waals surface area contributed by atoms with E-state index in [1.165, 1.54) is 6.07 Å². The van der Waals surface area contributed by atoms with Gasteiger partial charge in [-0.2, -0.15) is 0 Å². The summed E-state index contributed by atoms with van der Waals surface area (Å²) in [7, 11) is 0. The number of benzene rings is 1. The molecule has 4 aromatic rings. The van der Waals surface area contributed by atoms with Gasteiger partial charge in [-0.3, -0.25) is 0 Å². The van der Waals surface area contributed by atoms with Crippen LogP contribution < -0.4 is 10.4 Å². The summed E-state index contributed by atoms with van der Waals surface area (Å²) in [6.07, 6.45) is 3.87. The van der Waals surface area contributed by atoms with Crippen molar-refractivity contribution in [3.63, 3.8) is 0 Å². The predicted molar refractivity (Wildman–Crippen MR) is 86.7 cm³/mol. The van der Waals surface area contributed by atoms with E-state index >= 15 is 0 Å². The summed E-state index contributed by atoms with van der Waals surface area (Å²) in [5.41, 5.74) is 2.78. The summed E-state index contributed by atoms with van der Waals surface area (Å²) in [6, 6.07) is 12.8. The van der Waals surface area contributed by atoms with Gasteiger partial charge in [-0.05, 0) is 36.8 Å². The van der Waals surface area contributed by atoms with E-state index in [-0.39, 0.29) is 5.63 Å². The van der Waals surface area contributed by atoms with Gasteiger partial charge in [0.1, 0.15) is 23.6 Å². The average molecular weight is 306 g/mol. The lowest BCUT2D eigenvalue weighted by atomic mass is 10.1. The molecule has 1 aromatic carbocycles. The van der Waals surface area contributed by atoms with Crippen LogP contribution in [-0.2, 0) is 6.61 Å². The van der Waals surface area contributed by atoms with Crippen molar-refractivity contribution in [3.8, 4) is 5.75 Å². The molecular formula is C18H14N2O3. The average Bonchev–Trinajstić information content (AvgIpc) is 2.95. The van der Waals surface area contributed by atoms with Crippen LogP contribution in [0, 0.1) is 6.92 Å². The number of ether oxygens (including phenoxy) is 1. The molecule has 4 rings (SSSR count). The third-order valence-corrected chi connectivity index (χ3v) is 3.72. The van der Waals surface area contributed by atoms with Crippen LogP contribution in [-0.4, -0.2) is 9.38 Å². The summed E-state index contributed by atoms with van der Waals surface area (Å²) in [6.45, 7) is 2.24. The Hall–Kier alpha value is -3.08. The Bertz CT molecular complexity index is 1030. The summed E-state index contributed by atoms with van der Waals surface area (Å²) in [4.78, 5) is 16.0. The quantitative estimate of drug-likeness (QED) is 0.545. The SMILES string of the molecule is Cc1cc(=O)oc2cc(OCc3cn4ccccc4n3)ccc12. The smallest absolute Gasteiger partial charge is 0.336 e. The Morgan fingerprint density at radius 1 is 1.22 bits per heavy atom. The topological polar surface area (TPSA) is 56.7 Å². The normalized spacial score (nSPS) is 11.2. The van der Waals surface area contributed by atoms with E-state index in [1.54, 1.807) is 6.07 Å². The number of fused-ring (bicyclic) bond motifs is 2. The fourth-order valence-electron chi connectivity index (χ4n) is 2.61. The number of aromatic nitrogens is 2. The molecule has 0 saturated carbocycles. The van der Waals surface area contributed by atoms with Gasteiger partial charge in [-0.15, -0.1) is 0 Å². The highest BCUT2D eigenvalue weighted by Gasteiger charge is 2.06. The van der Waals surface area contributed by atoms with Crippen molar-refractivity contribution >= 4 is 16.6 Å². The molecule has 0 aliphatic heterocycles. The second kappa shape index (κ2) is 5.28. The second-order valence-electron chi connectivity index (χ2n) is 5.39. The van der Waals surface area contributed by atoms with Gasteiger partial charge in [0.25, 0.3) is 0 Å². The number of rotatable bonds is 3. The van der Waals surface area contributed by atoms with Gasteiger partial charge in [0.05, 0.1) is 5.69 Å². The van der Waals surface area contributed by atoms with E-state index < -0.39 is 0 Å². The maximum absolute atomic E-state index is 11.5. The Morgan fingerprint density at radius 2 is 2.13 bits per heavy atom. The third-order valence-electron chi connectivity index (χ3n) is 3.72. The lowest BCUT2D eigenvalue weighted by Gasteiger charge is -2.06. The van der Waals surface area contributed by atoms with E-state index in [4.69, 9.17) is 9.15 Å². The molecule has 0 unspecified atom stereocenters. The van der Waals surface area contributed by atoms with Crippen LogP contribution in [0.4, 0.5) is 0 Å². The monoisotopic (exact) mass is 306 g/mol. The van der Waals surface area contributed by atoms with Crippen LogP contribution >= 0.6 is 0 Å². The maximum atomic E-state index is 11.5. The summed E-state index contributed by atoms with van der Waals surface area (Å²) in [5, 5.41) is 0.907. The zero-order valence-electron chi connectivity index (χ0n) is 12.5. The Morgan fingerprint density at radius 3 is 3.00 bits per heavy atom. The summed E-state index contributed by atoms with van der Waals surface area (Å²) in [5.74, 6) is 0.642. The molecule has 5 heteroatoms. The van der Waals surface area contributed by atoms with Gasteiger partial charge in [0.2, 0.25) is 0 Å². The van der Waals surface area contributed by atoms with Crippen molar-refractivity contribution in [2.45, 2.75) is 13.5 Å². The first-order valence-corrected chi connectivity index (χ1v) is 7.29. The maximum Gasteiger partial charge on any atom is 0.336 e. The van der Waals surface area contributed by atoms with Crippen LogP contribution in [0.1, 0.15) is 11.3 Å². The molecule has 114 valence electrons. The van der Waals surface area contributed by atoms with Crippen molar-refractivity contribution in [2.75, 3.05) is 0 Å². The lowest BCUT2D eigenvalue weighted by molar-refractivity contribution is 0.302. The van der Waals surface area contributed by atoms with Crippen LogP contribution in [0.15, 0.2) is 64.1 Å². The number of aryl methyl sites for hydroxylation is 1. The highest BCUT2D eigenvalue weighted by atomic mass is 16.5. The molecule has 3 aromatic heterocycles. The standard InChI is InChI=1S/C18H14N2O3/c1-12-8-18(21)23-16-9-14(5-6-15(12)16)22-11-13-10-20-7-3-2-4-17(20)19-13/h2-10H,11H2,1H3. The van der Waals surface area contributed by atoms with E-state index in [2.05, 4.69) is 4.98 Å². The number of hydrogen-bond donors (Lipinski definition) is 0. The first kappa shape index (κ1) is 13.6. The Labute approximate surface area is 131 Å². The van der Waals surface area contributed by atoms with Gasteiger partial charge < -0.3 is 13.6 Å². The molecule has 0 aliphatic carbocycles. The number of pyridine rings is 1. The molecule has 0 saturated heterocycles. The molecule has 3 heterocycles. The lowest BCUT2D eigenvalue weighted by Crippen LogP contribution is -1.99. The minimum atomic E-state index is -0.354. The molecule has 0 radical (unpaired) electrons. The second-order valence-corrected chi connectivity index (χ2v) is 5.39. The Kier molecular flexibility index (Phi) is 3.12. The van der Waals surface area contributed by atoms with Gasteiger partial charge in [-0.25, -0.2) is 9.78 Å². The number of nitrogens with zero attached hydrogens (tertiary/aromatic N) is 2. The van der Waals surface area contributed by atoms with E-state index in [9.17, 15) is 4.79 Å². The van der Waals surface area contributed by atoms with Crippen LogP contribution in [0.25, 0.3) is 16.6 Å². The third kappa shape index (κ3) is 2.57. The van der Waals surface area contributed by atoms with Crippen molar-refractivity contribution in [3.05, 3.63) is 76.5 Å². The molecule has 0 atom stereocenters. The molecule has 0 N–H and O–H groups in total. The molecule has 5 nitrogen and oxygen atoms in total. The van der Waals surface area contributed by atoms with Crippen LogP contribution in [0.2, 0.25) is 0 Å². The predicted octanol–water partition coefficient (Wildman–Crippen LogP) is 3.33. The molecule has 0 fully saturated rings. The van der Waals surface area contributed by atoms with Gasteiger partial charge in [0.15, 0.2) is 0 Å². The van der Waals surface area contributed by atoms with Crippen molar-refractivity contribution in [2.24, 2.45) is 0 Å². The van der Waals surface area contributed by atoms with Crippen molar-refractivity contribution in [1.29, 1.82) is 0 Å². The zero-order chi connectivity index (χ0) is 15.8. The molecule has 0 bridgehead atoms. The fraction of sp³-hybridized carbons (Fsp3) is 0.111. The first-order chi connectivity index (χ1) is 11.2. The first-order valence-electron chi connectivity index (χ1n) is 7.29. The van der Waals surface area contributed by atoms with Gasteiger partial charge in [-0.1, -0.05) is 6.07 Å². The van der Waals surface area contributed by atoms with Gasteiger partial charge in [0, 0.05) is 29.9 Å². The van der Waals surface area contributed by atoms with Crippen LogP contribution in [0.5, 0.6) is 5.75 Å². The van der Waals surface area contributed by atoms with Crippen molar-refractivity contribution < 1.29 is 9.15 Å². The largest absolute Gasteiger partial charge is 0.487 e. The van der Waals surface area contributed by atoms with E-state index in [0.29, 0.717) is 17.9 Å². The fourth-order valence-corrected chi connectivity index (χ4v) is 2.61. The molecule has 23 heavy (non-hydrogen) atoms. The summed E-state index contributed by atoms with van der Waals surface area (Å²) < 4.78 is 12.9.